The highest BCUT2D eigenvalue weighted by Crippen LogP contribution is 2.45. The molecule has 1 heterocycles. The monoisotopic (exact) mass is 672 g/mol. The van der Waals surface area contributed by atoms with E-state index in [4.69, 9.17) is 0 Å². The van der Waals surface area contributed by atoms with Crippen LogP contribution in [0.15, 0.2) is 194 Å². The fraction of sp³-hybridized carbons (Fsp3) is 0. The summed E-state index contributed by atoms with van der Waals surface area (Å²) >= 11 is 0. The van der Waals surface area contributed by atoms with Crippen LogP contribution >= 0.6 is 0 Å². The van der Waals surface area contributed by atoms with Gasteiger partial charge in [0.1, 0.15) is 0 Å². The summed E-state index contributed by atoms with van der Waals surface area (Å²) in [6, 6.07) is 71.5. The Morgan fingerprint density at radius 3 is 1.38 bits per heavy atom. The molecule has 0 N–H and O–H groups in total. The number of rotatable bonds is 5. The Hall–Kier alpha value is -7.21. The normalized spacial score (nSPS) is 11.4. The first-order valence-electron chi connectivity index (χ1n) is 18.0. The topological polar surface area (TPSA) is 28.7 Å². The Morgan fingerprint density at radius 2 is 0.792 bits per heavy atom. The minimum atomic E-state index is 0.624. The van der Waals surface area contributed by atoms with E-state index in [-0.39, 0.29) is 0 Å². The Bertz CT molecular complexity index is 2960. The van der Waals surface area contributed by atoms with Gasteiger partial charge in [-0.25, -0.2) is 0 Å². The van der Waals surface area contributed by atoms with Crippen LogP contribution in [-0.4, -0.2) is 4.57 Å². The quantitative estimate of drug-likeness (QED) is 0.167. The Morgan fingerprint density at radius 1 is 0.340 bits per heavy atom. The largest absolute Gasteiger partial charge is 0.309 e. The van der Waals surface area contributed by atoms with Gasteiger partial charge < -0.3 is 4.57 Å². The molecule has 0 saturated carbocycles. The van der Waals surface area contributed by atoms with Crippen LogP contribution in [0.2, 0.25) is 0 Å². The van der Waals surface area contributed by atoms with Crippen LogP contribution in [0.25, 0.3) is 93.5 Å². The summed E-state index contributed by atoms with van der Waals surface area (Å²) < 4.78 is 2.29. The molecule has 53 heavy (non-hydrogen) atoms. The molecule has 1 aromatic heterocycles. The van der Waals surface area contributed by atoms with Crippen molar-refractivity contribution >= 4 is 43.4 Å². The third-order valence-corrected chi connectivity index (χ3v) is 10.6. The van der Waals surface area contributed by atoms with E-state index in [1.165, 1.54) is 54.6 Å². The molecule has 10 aromatic rings. The zero-order chi connectivity index (χ0) is 35.3. The van der Waals surface area contributed by atoms with Crippen molar-refractivity contribution in [3.8, 4) is 56.3 Å². The van der Waals surface area contributed by atoms with Crippen molar-refractivity contribution in [3.63, 3.8) is 0 Å². The second kappa shape index (κ2) is 12.5. The zero-order valence-corrected chi connectivity index (χ0v) is 28.9. The molecule has 10 rings (SSSR count). The molecular formula is C51H32N2. The van der Waals surface area contributed by atoms with Gasteiger partial charge in [-0.2, -0.15) is 5.26 Å². The summed E-state index contributed by atoms with van der Waals surface area (Å²) in [5.41, 5.74) is 13.0. The van der Waals surface area contributed by atoms with E-state index in [2.05, 4.69) is 193 Å². The molecule has 0 spiro atoms. The summed E-state index contributed by atoms with van der Waals surface area (Å²) in [4.78, 5) is 0. The lowest BCUT2D eigenvalue weighted by Gasteiger charge is -2.18. The van der Waals surface area contributed by atoms with Crippen LogP contribution < -0.4 is 0 Å². The Labute approximate surface area is 308 Å². The highest BCUT2D eigenvalue weighted by atomic mass is 15.0. The Balaban J connectivity index is 1.17. The number of nitrogens with zero attached hydrogens (tertiary/aromatic N) is 2. The fourth-order valence-corrected chi connectivity index (χ4v) is 8.35. The highest BCUT2D eigenvalue weighted by Gasteiger charge is 2.18. The molecule has 9 aromatic carbocycles. The average Bonchev–Trinajstić information content (AvgIpc) is 3.57. The van der Waals surface area contributed by atoms with E-state index in [9.17, 15) is 5.26 Å². The average molecular weight is 673 g/mol. The predicted molar refractivity (Wildman–Crippen MR) is 222 cm³/mol. The van der Waals surface area contributed by atoms with Gasteiger partial charge in [0.25, 0.3) is 0 Å². The minimum absolute atomic E-state index is 0.624. The van der Waals surface area contributed by atoms with E-state index >= 15 is 0 Å². The molecule has 2 nitrogen and oxygen atoms in total. The molecule has 0 aliphatic rings. The number of aromatic nitrogens is 1. The van der Waals surface area contributed by atoms with Gasteiger partial charge >= 0.3 is 0 Å². The molecule has 0 bridgehead atoms. The second-order valence-corrected chi connectivity index (χ2v) is 13.6. The van der Waals surface area contributed by atoms with E-state index in [1.54, 1.807) is 0 Å². The maximum absolute atomic E-state index is 10.3. The van der Waals surface area contributed by atoms with Crippen LogP contribution in [0.4, 0.5) is 0 Å². The van der Waals surface area contributed by atoms with Crippen LogP contribution in [0.1, 0.15) is 5.56 Å². The standard InChI is InChI=1S/C51H32N2/c52-33-34-29-38(32-39(30-34)53-48-27-12-10-21-42(48)43-22-11-13-28-49(43)53)41-20-5-4-19-40(41)36-17-14-18-37(31-36)51-46-25-8-6-23-44(46)50(35-15-2-1-3-16-35)45-24-7-9-26-47(45)51/h1-32H. The number of hydrogen-bond acceptors (Lipinski definition) is 1. The summed E-state index contributed by atoms with van der Waals surface area (Å²) in [5.74, 6) is 0. The van der Waals surface area contributed by atoms with Crippen molar-refractivity contribution in [1.29, 1.82) is 5.26 Å². The van der Waals surface area contributed by atoms with Crippen molar-refractivity contribution < 1.29 is 0 Å². The molecular weight excluding hydrogens is 641 g/mol. The SMILES string of the molecule is N#Cc1cc(-c2ccccc2-c2cccc(-c3c4ccccc4c(-c4ccccc4)c4ccccc34)c2)cc(-n2c3ccccc3c3ccccc32)c1. The maximum Gasteiger partial charge on any atom is 0.0992 e. The minimum Gasteiger partial charge on any atom is -0.309 e. The summed E-state index contributed by atoms with van der Waals surface area (Å²) in [7, 11) is 0. The smallest absolute Gasteiger partial charge is 0.0992 e. The van der Waals surface area contributed by atoms with E-state index in [0.29, 0.717) is 5.56 Å². The van der Waals surface area contributed by atoms with E-state index in [1.807, 2.05) is 12.1 Å². The molecule has 2 heteroatoms. The molecule has 246 valence electrons. The van der Waals surface area contributed by atoms with Crippen LogP contribution in [0.5, 0.6) is 0 Å². The third kappa shape index (κ3) is 5.02. The first kappa shape index (κ1) is 30.6. The van der Waals surface area contributed by atoms with Crippen molar-refractivity contribution in [2.24, 2.45) is 0 Å². The molecule has 0 aliphatic carbocycles. The van der Waals surface area contributed by atoms with Gasteiger partial charge in [-0.15, -0.1) is 0 Å². The summed E-state index contributed by atoms with van der Waals surface area (Å²) in [5, 5.41) is 17.6. The molecule has 0 radical (unpaired) electrons. The van der Waals surface area contributed by atoms with Gasteiger partial charge in [0.15, 0.2) is 0 Å². The number of benzene rings is 9. The predicted octanol–water partition coefficient (Wildman–Crippen LogP) is 13.6. The molecule has 0 aliphatic heterocycles. The van der Waals surface area contributed by atoms with Crippen molar-refractivity contribution in [2.75, 3.05) is 0 Å². The summed E-state index contributed by atoms with van der Waals surface area (Å²) in [6.07, 6.45) is 0. The van der Waals surface area contributed by atoms with Gasteiger partial charge in [-0.1, -0.05) is 158 Å². The van der Waals surface area contributed by atoms with Gasteiger partial charge in [0.2, 0.25) is 0 Å². The van der Waals surface area contributed by atoms with Gasteiger partial charge in [-0.3, -0.25) is 0 Å². The second-order valence-electron chi connectivity index (χ2n) is 13.6. The van der Waals surface area contributed by atoms with Gasteiger partial charge in [0, 0.05) is 16.5 Å². The van der Waals surface area contributed by atoms with Gasteiger partial charge in [-0.05, 0) is 102 Å². The fourth-order valence-electron chi connectivity index (χ4n) is 8.35. The molecule has 0 amide bonds. The van der Waals surface area contributed by atoms with Crippen LogP contribution in [-0.2, 0) is 0 Å². The number of hydrogen-bond donors (Lipinski definition) is 0. The lowest BCUT2D eigenvalue weighted by atomic mass is 9.85. The molecule has 0 atom stereocenters. The van der Waals surface area contributed by atoms with Crippen LogP contribution in [0, 0.1) is 11.3 Å². The van der Waals surface area contributed by atoms with Gasteiger partial charge in [0.05, 0.1) is 22.7 Å². The Kier molecular flexibility index (Phi) is 7.23. The summed E-state index contributed by atoms with van der Waals surface area (Å²) in [6.45, 7) is 0. The van der Waals surface area contributed by atoms with Crippen molar-refractivity contribution in [1.82, 2.24) is 4.57 Å². The number of fused-ring (bicyclic) bond motifs is 5. The maximum atomic E-state index is 10.3. The first-order chi connectivity index (χ1) is 26.3. The molecule has 0 saturated heterocycles. The molecule has 0 fully saturated rings. The van der Waals surface area contributed by atoms with Crippen molar-refractivity contribution in [3.05, 3.63) is 200 Å². The van der Waals surface area contributed by atoms with Crippen LogP contribution in [0.3, 0.4) is 0 Å². The van der Waals surface area contributed by atoms with Crippen molar-refractivity contribution in [2.45, 2.75) is 0 Å². The third-order valence-electron chi connectivity index (χ3n) is 10.6. The van der Waals surface area contributed by atoms with E-state index < -0.39 is 0 Å². The lowest BCUT2D eigenvalue weighted by molar-refractivity contribution is 1.18. The number of para-hydroxylation sites is 2. The van der Waals surface area contributed by atoms with E-state index in [0.717, 1.165) is 39.0 Å². The first-order valence-corrected chi connectivity index (χ1v) is 18.0. The highest BCUT2D eigenvalue weighted by molar-refractivity contribution is 6.21. The lowest BCUT2D eigenvalue weighted by Crippen LogP contribution is -1.96. The zero-order valence-electron chi connectivity index (χ0n) is 28.9. The number of nitriles is 1. The molecule has 0 unspecified atom stereocenters.